The van der Waals surface area contributed by atoms with Crippen LogP contribution >= 0.6 is 0 Å². The molecule has 6 heteroatoms. The largest absolute Gasteiger partial charge is 0.348 e. The Labute approximate surface area is 162 Å². The van der Waals surface area contributed by atoms with Crippen LogP contribution in [0, 0.1) is 20.8 Å². The van der Waals surface area contributed by atoms with Gasteiger partial charge in [0.1, 0.15) is 0 Å². The Morgan fingerprint density at radius 3 is 2.22 bits per heavy atom. The molecule has 2 aromatic rings. The molecule has 1 amide bonds. The third-order valence-corrected chi connectivity index (χ3v) is 5.91. The van der Waals surface area contributed by atoms with Crippen LogP contribution < -0.4 is 5.32 Å². The molecule has 1 atom stereocenters. The predicted molar refractivity (Wildman–Crippen MR) is 109 cm³/mol. The van der Waals surface area contributed by atoms with Crippen molar-refractivity contribution in [2.75, 3.05) is 12.8 Å². The number of nitrogens with zero attached hydrogens (tertiary/aromatic N) is 1. The summed E-state index contributed by atoms with van der Waals surface area (Å²) in [5.74, 6) is -0.318. The lowest BCUT2D eigenvalue weighted by molar-refractivity contribution is -0.122. The number of nitrogens with one attached hydrogen (secondary N) is 1. The second-order valence-electron chi connectivity index (χ2n) is 7.10. The molecule has 0 fully saturated rings. The Kier molecular flexibility index (Phi) is 6.78. The molecule has 27 heavy (non-hydrogen) atoms. The molecule has 0 saturated heterocycles. The first kappa shape index (κ1) is 21.1. The average molecular weight is 389 g/mol. The lowest BCUT2D eigenvalue weighted by Gasteiger charge is -2.22. The van der Waals surface area contributed by atoms with Gasteiger partial charge in [-0.25, -0.2) is 8.42 Å². The molecule has 2 rings (SSSR count). The summed E-state index contributed by atoms with van der Waals surface area (Å²) < 4.78 is 25.4. The fraction of sp³-hybridized carbons (Fsp3) is 0.381. The molecule has 0 unspecified atom stereocenters. The van der Waals surface area contributed by atoms with E-state index in [1.807, 2.05) is 51.1 Å². The van der Waals surface area contributed by atoms with Gasteiger partial charge in [-0.2, -0.15) is 4.31 Å². The highest BCUT2D eigenvalue weighted by Gasteiger charge is 2.22. The highest BCUT2D eigenvalue weighted by Crippen LogP contribution is 2.21. The number of carbonyl (C=O) groups is 1. The van der Waals surface area contributed by atoms with Crippen LogP contribution in [0.3, 0.4) is 0 Å². The Balaban J connectivity index is 2.10. The number of rotatable bonds is 7. The quantitative estimate of drug-likeness (QED) is 0.792. The van der Waals surface area contributed by atoms with Gasteiger partial charge < -0.3 is 5.32 Å². The highest BCUT2D eigenvalue weighted by molar-refractivity contribution is 7.88. The normalized spacial score (nSPS) is 12.8. The lowest BCUT2D eigenvalue weighted by atomic mass is 9.96. The van der Waals surface area contributed by atoms with E-state index >= 15 is 0 Å². The zero-order chi connectivity index (χ0) is 20.2. The van der Waals surface area contributed by atoms with E-state index in [2.05, 4.69) is 24.4 Å². The summed E-state index contributed by atoms with van der Waals surface area (Å²) in [5.41, 5.74) is 5.36. The maximum atomic E-state index is 12.5. The maximum Gasteiger partial charge on any atom is 0.235 e. The fourth-order valence-corrected chi connectivity index (χ4v) is 3.79. The molecule has 0 aromatic heterocycles. The minimum absolute atomic E-state index is 0.171. The fourth-order valence-electron chi connectivity index (χ4n) is 3.05. The highest BCUT2D eigenvalue weighted by atomic mass is 32.2. The van der Waals surface area contributed by atoms with E-state index in [0.29, 0.717) is 0 Å². The van der Waals surface area contributed by atoms with E-state index in [1.54, 1.807) is 0 Å². The Morgan fingerprint density at radius 2 is 1.63 bits per heavy atom. The molecule has 0 bridgehead atoms. The molecular formula is C21H28N2O3S. The van der Waals surface area contributed by atoms with Crippen molar-refractivity contribution in [2.24, 2.45) is 0 Å². The molecule has 1 N–H and O–H groups in total. The molecule has 0 spiro atoms. The van der Waals surface area contributed by atoms with E-state index in [9.17, 15) is 13.2 Å². The van der Waals surface area contributed by atoms with Gasteiger partial charge in [-0.05, 0) is 55.5 Å². The molecule has 0 radical (unpaired) electrons. The number of benzene rings is 2. The summed E-state index contributed by atoms with van der Waals surface area (Å²) in [6, 6.07) is 13.2. The molecule has 0 aliphatic rings. The standard InChI is InChI=1S/C21H28N2O3S/c1-15-11-17(3)20(12-16(15)2)18(4)22-21(24)14-23(27(5,25)26)13-19-9-7-6-8-10-19/h6-12,18H,13-14H2,1-5H3,(H,22,24)/t18-/m1/s1. The van der Waals surface area contributed by atoms with Crippen LogP contribution in [0.1, 0.15) is 40.8 Å². The van der Waals surface area contributed by atoms with Crippen molar-refractivity contribution in [3.63, 3.8) is 0 Å². The Morgan fingerprint density at radius 1 is 1.04 bits per heavy atom. The molecule has 5 nitrogen and oxygen atoms in total. The van der Waals surface area contributed by atoms with E-state index in [-0.39, 0.29) is 25.0 Å². The summed E-state index contributed by atoms with van der Waals surface area (Å²) in [6.45, 7) is 7.99. The van der Waals surface area contributed by atoms with E-state index in [1.165, 1.54) is 15.4 Å². The molecule has 2 aromatic carbocycles. The molecular weight excluding hydrogens is 360 g/mol. The van der Waals surface area contributed by atoms with Gasteiger partial charge >= 0.3 is 0 Å². The number of hydrogen-bond acceptors (Lipinski definition) is 3. The first-order valence-corrected chi connectivity index (χ1v) is 10.8. The van der Waals surface area contributed by atoms with E-state index < -0.39 is 10.0 Å². The summed E-state index contributed by atoms with van der Waals surface area (Å²) in [6.07, 6.45) is 1.13. The van der Waals surface area contributed by atoms with Crippen molar-refractivity contribution in [3.8, 4) is 0 Å². The monoisotopic (exact) mass is 388 g/mol. The van der Waals surface area contributed by atoms with Gasteiger partial charge in [-0.1, -0.05) is 42.5 Å². The van der Waals surface area contributed by atoms with Gasteiger partial charge in [-0.3, -0.25) is 4.79 Å². The summed E-state index contributed by atoms with van der Waals surface area (Å²) in [5, 5.41) is 2.93. The molecule has 0 aliphatic carbocycles. The van der Waals surface area contributed by atoms with Crippen molar-refractivity contribution in [3.05, 3.63) is 70.3 Å². The average Bonchev–Trinajstić information content (AvgIpc) is 2.57. The SMILES string of the molecule is Cc1cc(C)c([C@@H](C)NC(=O)CN(Cc2ccccc2)S(C)(=O)=O)cc1C. The van der Waals surface area contributed by atoms with Gasteiger partial charge in [0.05, 0.1) is 18.8 Å². The summed E-state index contributed by atoms with van der Waals surface area (Å²) >= 11 is 0. The smallest absolute Gasteiger partial charge is 0.235 e. The van der Waals surface area contributed by atoms with E-state index in [4.69, 9.17) is 0 Å². The van der Waals surface area contributed by atoms with Crippen molar-refractivity contribution in [2.45, 2.75) is 40.3 Å². The Hall–Kier alpha value is -2.18. The number of aryl methyl sites for hydroxylation is 3. The minimum atomic E-state index is -3.51. The van der Waals surface area contributed by atoms with Crippen molar-refractivity contribution in [1.29, 1.82) is 0 Å². The number of hydrogen-bond donors (Lipinski definition) is 1. The third-order valence-electron chi connectivity index (χ3n) is 4.72. The topological polar surface area (TPSA) is 66.5 Å². The number of amides is 1. The van der Waals surface area contributed by atoms with Crippen LogP contribution in [0.5, 0.6) is 0 Å². The van der Waals surface area contributed by atoms with E-state index in [0.717, 1.165) is 22.9 Å². The Bertz CT molecular complexity index is 909. The maximum absolute atomic E-state index is 12.5. The lowest BCUT2D eigenvalue weighted by Crippen LogP contribution is -2.40. The van der Waals surface area contributed by atoms with Gasteiger partial charge in [0.2, 0.25) is 15.9 Å². The zero-order valence-corrected chi connectivity index (χ0v) is 17.4. The zero-order valence-electron chi connectivity index (χ0n) is 16.6. The van der Waals surface area contributed by atoms with Crippen molar-refractivity contribution < 1.29 is 13.2 Å². The van der Waals surface area contributed by atoms with Crippen molar-refractivity contribution in [1.82, 2.24) is 9.62 Å². The molecule has 0 heterocycles. The number of sulfonamides is 1. The van der Waals surface area contributed by atoms with Crippen molar-refractivity contribution >= 4 is 15.9 Å². The molecule has 146 valence electrons. The van der Waals surface area contributed by atoms with Gasteiger partial charge in [-0.15, -0.1) is 0 Å². The first-order valence-electron chi connectivity index (χ1n) is 8.94. The van der Waals surface area contributed by atoms with Gasteiger partial charge in [0.15, 0.2) is 0 Å². The number of carbonyl (C=O) groups excluding carboxylic acids is 1. The van der Waals surface area contributed by atoms with Crippen LogP contribution in [-0.4, -0.2) is 31.4 Å². The first-order chi connectivity index (χ1) is 12.6. The molecule has 0 aliphatic heterocycles. The third kappa shape index (κ3) is 5.91. The van der Waals surface area contributed by atoms with Gasteiger partial charge in [0, 0.05) is 6.54 Å². The van der Waals surface area contributed by atoms with Crippen LogP contribution in [0.25, 0.3) is 0 Å². The second kappa shape index (κ2) is 8.67. The summed E-state index contributed by atoms with van der Waals surface area (Å²) in [7, 11) is -3.51. The summed E-state index contributed by atoms with van der Waals surface area (Å²) in [4.78, 5) is 12.5. The second-order valence-corrected chi connectivity index (χ2v) is 9.08. The van der Waals surface area contributed by atoms with Crippen LogP contribution in [-0.2, 0) is 21.4 Å². The molecule has 0 saturated carbocycles. The predicted octanol–water partition coefficient (Wildman–Crippen LogP) is 3.25. The van der Waals surface area contributed by atoms with Crippen LogP contribution in [0.2, 0.25) is 0 Å². The van der Waals surface area contributed by atoms with Gasteiger partial charge in [0.25, 0.3) is 0 Å². The van der Waals surface area contributed by atoms with Crippen LogP contribution in [0.4, 0.5) is 0 Å². The minimum Gasteiger partial charge on any atom is -0.348 e. The van der Waals surface area contributed by atoms with Crippen LogP contribution in [0.15, 0.2) is 42.5 Å².